The maximum absolute atomic E-state index is 5.36. The lowest BCUT2D eigenvalue weighted by Gasteiger charge is -2.36. The van der Waals surface area contributed by atoms with Crippen LogP contribution in [0.15, 0.2) is 0 Å². The van der Waals surface area contributed by atoms with Gasteiger partial charge in [0, 0.05) is 13.2 Å². The van der Waals surface area contributed by atoms with Crippen LogP contribution in [0.3, 0.4) is 0 Å². The van der Waals surface area contributed by atoms with E-state index in [1.54, 1.807) is 0 Å². The molecule has 0 aromatic heterocycles. The third-order valence-corrected chi connectivity index (χ3v) is 3.34. The molecule has 0 aliphatic carbocycles. The zero-order valence-corrected chi connectivity index (χ0v) is 8.89. The molecule has 0 unspecified atom stereocenters. The third-order valence-electron chi connectivity index (χ3n) is 3.34. The van der Waals surface area contributed by atoms with Crippen LogP contribution in [0.2, 0.25) is 0 Å². The number of ether oxygens (including phenoxy) is 1. The predicted molar refractivity (Wildman–Crippen MR) is 52.2 cm³/mol. The van der Waals surface area contributed by atoms with Crippen molar-refractivity contribution in [1.82, 2.24) is 0 Å². The first-order valence-electron chi connectivity index (χ1n) is 5.09. The van der Waals surface area contributed by atoms with Crippen molar-refractivity contribution in [2.45, 2.75) is 40.5 Å². The zero-order valence-electron chi connectivity index (χ0n) is 8.89. The molecular formula is C11H22O. The Labute approximate surface area is 76.5 Å². The van der Waals surface area contributed by atoms with Gasteiger partial charge < -0.3 is 4.74 Å². The van der Waals surface area contributed by atoms with Crippen molar-refractivity contribution in [2.75, 3.05) is 13.2 Å². The van der Waals surface area contributed by atoms with Crippen LogP contribution in [0.25, 0.3) is 0 Å². The van der Waals surface area contributed by atoms with Gasteiger partial charge in [0.05, 0.1) is 0 Å². The summed E-state index contributed by atoms with van der Waals surface area (Å²) in [7, 11) is 0. The fourth-order valence-corrected chi connectivity index (χ4v) is 1.92. The van der Waals surface area contributed by atoms with Gasteiger partial charge in [0.15, 0.2) is 0 Å². The maximum atomic E-state index is 5.36. The summed E-state index contributed by atoms with van der Waals surface area (Å²) in [5.41, 5.74) is 0.460. The molecule has 1 aliphatic heterocycles. The van der Waals surface area contributed by atoms with Gasteiger partial charge in [-0.1, -0.05) is 27.7 Å². The Morgan fingerprint density at radius 3 is 2.08 bits per heavy atom. The molecule has 0 aromatic carbocycles. The minimum Gasteiger partial charge on any atom is -0.381 e. The van der Waals surface area contributed by atoms with Crippen molar-refractivity contribution in [3.63, 3.8) is 0 Å². The molecule has 72 valence electrons. The van der Waals surface area contributed by atoms with E-state index in [0.717, 1.165) is 25.0 Å². The molecule has 1 fully saturated rings. The summed E-state index contributed by atoms with van der Waals surface area (Å²) in [6.45, 7) is 11.4. The molecule has 0 radical (unpaired) electrons. The number of rotatable bonds is 1. The van der Waals surface area contributed by atoms with Gasteiger partial charge in [0.25, 0.3) is 0 Å². The van der Waals surface area contributed by atoms with Crippen molar-refractivity contribution in [3.05, 3.63) is 0 Å². The van der Waals surface area contributed by atoms with Crippen molar-refractivity contribution < 1.29 is 4.74 Å². The quantitative estimate of drug-likeness (QED) is 0.587. The number of hydrogen-bond donors (Lipinski definition) is 0. The Balaban J connectivity index is 2.45. The summed E-state index contributed by atoms with van der Waals surface area (Å²) < 4.78 is 5.36. The fourth-order valence-electron chi connectivity index (χ4n) is 1.92. The largest absolute Gasteiger partial charge is 0.381 e. The summed E-state index contributed by atoms with van der Waals surface area (Å²) in [6.07, 6.45) is 2.52. The van der Waals surface area contributed by atoms with Crippen molar-refractivity contribution in [2.24, 2.45) is 17.3 Å². The van der Waals surface area contributed by atoms with Gasteiger partial charge in [0.2, 0.25) is 0 Å². The molecule has 1 heterocycles. The first-order chi connectivity index (χ1) is 5.52. The van der Waals surface area contributed by atoms with Gasteiger partial charge in [-0.2, -0.15) is 0 Å². The van der Waals surface area contributed by atoms with Gasteiger partial charge >= 0.3 is 0 Å². The average molecular weight is 170 g/mol. The van der Waals surface area contributed by atoms with Crippen LogP contribution in [-0.4, -0.2) is 13.2 Å². The van der Waals surface area contributed by atoms with Crippen molar-refractivity contribution in [1.29, 1.82) is 0 Å². The highest BCUT2D eigenvalue weighted by atomic mass is 16.5. The number of hydrogen-bond acceptors (Lipinski definition) is 1. The van der Waals surface area contributed by atoms with E-state index >= 15 is 0 Å². The highest BCUT2D eigenvalue weighted by molar-refractivity contribution is 4.78. The van der Waals surface area contributed by atoms with E-state index in [2.05, 4.69) is 27.7 Å². The van der Waals surface area contributed by atoms with Crippen LogP contribution >= 0.6 is 0 Å². The molecule has 1 aliphatic rings. The van der Waals surface area contributed by atoms with E-state index in [9.17, 15) is 0 Å². The molecule has 0 spiro atoms. The standard InChI is InChI=1S/C11H22O/c1-9(11(2,3)4)10-5-7-12-8-6-10/h9-10H,5-8H2,1-4H3/t9-/m0/s1. The summed E-state index contributed by atoms with van der Waals surface area (Å²) in [5, 5.41) is 0. The monoisotopic (exact) mass is 170 g/mol. The van der Waals surface area contributed by atoms with Crippen LogP contribution in [0, 0.1) is 17.3 Å². The van der Waals surface area contributed by atoms with E-state index in [1.165, 1.54) is 12.8 Å². The van der Waals surface area contributed by atoms with Crippen LogP contribution in [0.4, 0.5) is 0 Å². The zero-order chi connectivity index (χ0) is 9.19. The van der Waals surface area contributed by atoms with Gasteiger partial charge in [-0.25, -0.2) is 0 Å². The van der Waals surface area contributed by atoms with E-state index in [-0.39, 0.29) is 0 Å². The summed E-state index contributed by atoms with van der Waals surface area (Å²) in [5.74, 6) is 1.71. The maximum Gasteiger partial charge on any atom is 0.0468 e. The van der Waals surface area contributed by atoms with E-state index in [0.29, 0.717) is 5.41 Å². The van der Waals surface area contributed by atoms with Crippen molar-refractivity contribution in [3.8, 4) is 0 Å². The predicted octanol–water partition coefficient (Wildman–Crippen LogP) is 3.10. The smallest absolute Gasteiger partial charge is 0.0468 e. The van der Waals surface area contributed by atoms with Crippen LogP contribution < -0.4 is 0 Å². The highest BCUT2D eigenvalue weighted by Crippen LogP contribution is 2.36. The molecule has 0 bridgehead atoms. The summed E-state index contributed by atoms with van der Waals surface area (Å²) >= 11 is 0. The molecule has 1 atom stereocenters. The Kier molecular flexibility index (Phi) is 3.16. The summed E-state index contributed by atoms with van der Waals surface area (Å²) in [4.78, 5) is 0. The molecule has 1 saturated heterocycles. The minimum absolute atomic E-state index is 0.460. The highest BCUT2D eigenvalue weighted by Gasteiger charge is 2.29. The molecular weight excluding hydrogens is 148 g/mol. The lowest BCUT2D eigenvalue weighted by molar-refractivity contribution is 0.0263. The molecule has 1 heteroatoms. The van der Waals surface area contributed by atoms with Crippen molar-refractivity contribution >= 4 is 0 Å². The molecule has 0 amide bonds. The Hall–Kier alpha value is -0.0400. The molecule has 12 heavy (non-hydrogen) atoms. The topological polar surface area (TPSA) is 9.23 Å². The first kappa shape index (κ1) is 10.0. The van der Waals surface area contributed by atoms with Gasteiger partial charge in [-0.05, 0) is 30.1 Å². The summed E-state index contributed by atoms with van der Waals surface area (Å²) in [6, 6.07) is 0. The second kappa shape index (κ2) is 3.78. The van der Waals surface area contributed by atoms with Crippen LogP contribution in [0.5, 0.6) is 0 Å². The second-order valence-electron chi connectivity index (χ2n) is 5.10. The van der Waals surface area contributed by atoms with Crippen LogP contribution in [0.1, 0.15) is 40.5 Å². The normalized spacial score (nSPS) is 24.0. The lowest BCUT2D eigenvalue weighted by Crippen LogP contribution is -2.30. The third kappa shape index (κ3) is 2.48. The second-order valence-corrected chi connectivity index (χ2v) is 5.10. The first-order valence-corrected chi connectivity index (χ1v) is 5.09. The Bertz CT molecular complexity index is 128. The van der Waals surface area contributed by atoms with Gasteiger partial charge in [0.1, 0.15) is 0 Å². The molecule has 0 aromatic rings. The molecule has 1 rings (SSSR count). The fraction of sp³-hybridized carbons (Fsp3) is 1.00. The SMILES string of the molecule is C[C@@H](C1CCOCC1)C(C)(C)C. The lowest BCUT2D eigenvalue weighted by atomic mass is 9.72. The van der Waals surface area contributed by atoms with E-state index in [4.69, 9.17) is 4.74 Å². The molecule has 1 nitrogen and oxygen atoms in total. The Morgan fingerprint density at radius 1 is 1.17 bits per heavy atom. The average Bonchev–Trinajstić information content (AvgIpc) is 2.03. The van der Waals surface area contributed by atoms with Gasteiger partial charge in [-0.15, -0.1) is 0 Å². The molecule has 0 saturated carbocycles. The minimum atomic E-state index is 0.460. The van der Waals surface area contributed by atoms with Gasteiger partial charge in [-0.3, -0.25) is 0 Å². The molecule has 0 N–H and O–H groups in total. The Morgan fingerprint density at radius 2 is 1.67 bits per heavy atom. The van der Waals surface area contributed by atoms with E-state index in [1.807, 2.05) is 0 Å². The van der Waals surface area contributed by atoms with E-state index < -0.39 is 0 Å². The van der Waals surface area contributed by atoms with Crippen LogP contribution in [-0.2, 0) is 4.74 Å².